The zero-order chi connectivity index (χ0) is 46.3. The van der Waals surface area contributed by atoms with Crippen LogP contribution in [-0.4, -0.2) is 18.3 Å². The van der Waals surface area contributed by atoms with Crippen LogP contribution in [0.25, 0.3) is 130 Å². The summed E-state index contributed by atoms with van der Waals surface area (Å²) in [6, 6.07) is 80.4. The molecule has 0 radical (unpaired) electrons. The lowest BCUT2D eigenvalue weighted by Gasteiger charge is -2.13. The minimum Gasteiger partial charge on any atom is -0.309 e. The number of nitrogens with zero attached hydrogens (tertiary/aromatic N) is 4. The van der Waals surface area contributed by atoms with Gasteiger partial charge in [0.1, 0.15) is 0 Å². The van der Waals surface area contributed by atoms with E-state index in [1.165, 1.54) is 107 Å². The Hall–Kier alpha value is -8.38. The van der Waals surface area contributed by atoms with Gasteiger partial charge in [0.15, 0.2) is 0 Å². The molecule has 15 aromatic rings. The first-order valence-corrected chi connectivity index (χ1v) is 25.1. The zero-order valence-corrected chi connectivity index (χ0v) is 39.8. The van der Waals surface area contributed by atoms with Crippen molar-refractivity contribution in [3.8, 4) is 22.7 Å². The SMILES string of the molecule is CC.CC.c1cc(-n2c3ccccc3c3ccccc32)cc(-n2c3ccccc3c3c4sc5c(ccc6c5c5ccccc5n6-c5cccc(-n6c7ccccc7c7ccccc76)c5)c4ccc32)c1. The fraction of sp³-hybridized carbons (Fsp3) is 0.0625. The Morgan fingerprint density at radius 3 is 0.812 bits per heavy atom. The summed E-state index contributed by atoms with van der Waals surface area (Å²) in [6.45, 7) is 8.00. The van der Waals surface area contributed by atoms with E-state index >= 15 is 0 Å². The van der Waals surface area contributed by atoms with Gasteiger partial charge >= 0.3 is 0 Å². The lowest BCUT2D eigenvalue weighted by Crippen LogP contribution is -1.98. The van der Waals surface area contributed by atoms with Crippen molar-refractivity contribution in [1.29, 1.82) is 0 Å². The second-order valence-electron chi connectivity index (χ2n) is 17.3. The molecule has 5 aromatic heterocycles. The van der Waals surface area contributed by atoms with Crippen LogP contribution < -0.4 is 0 Å². The van der Waals surface area contributed by atoms with Crippen molar-refractivity contribution in [1.82, 2.24) is 18.3 Å². The van der Waals surface area contributed by atoms with Crippen LogP contribution in [0.5, 0.6) is 0 Å². The number of benzene rings is 10. The molecule has 0 aliphatic carbocycles. The minimum absolute atomic E-state index is 1.14. The average Bonchev–Trinajstić information content (AvgIpc) is 4.22. The first-order valence-electron chi connectivity index (χ1n) is 24.3. The van der Waals surface area contributed by atoms with Crippen LogP contribution in [0.2, 0.25) is 0 Å². The Kier molecular flexibility index (Phi) is 9.57. The third kappa shape index (κ3) is 5.87. The van der Waals surface area contributed by atoms with Crippen molar-refractivity contribution in [2.45, 2.75) is 27.7 Å². The first kappa shape index (κ1) is 40.9. The molecule has 0 unspecified atom stereocenters. The fourth-order valence-corrected chi connectivity index (χ4v) is 12.7. The van der Waals surface area contributed by atoms with E-state index in [-0.39, 0.29) is 0 Å². The largest absolute Gasteiger partial charge is 0.309 e. The molecule has 0 bridgehead atoms. The lowest BCUT2D eigenvalue weighted by atomic mass is 10.1. The Balaban J connectivity index is 0.00000114. The van der Waals surface area contributed by atoms with E-state index < -0.39 is 0 Å². The number of rotatable bonds is 4. The molecule has 0 saturated heterocycles. The van der Waals surface area contributed by atoms with Crippen molar-refractivity contribution in [2.24, 2.45) is 0 Å². The average molecular weight is 905 g/mol. The predicted molar refractivity (Wildman–Crippen MR) is 299 cm³/mol. The molecule has 0 saturated carbocycles. The molecule has 15 rings (SSSR count). The second kappa shape index (κ2) is 16.2. The molecule has 5 heteroatoms. The van der Waals surface area contributed by atoms with Gasteiger partial charge in [-0.25, -0.2) is 0 Å². The summed E-state index contributed by atoms with van der Waals surface area (Å²) in [4.78, 5) is 0. The summed E-state index contributed by atoms with van der Waals surface area (Å²) in [5, 5.41) is 12.8. The molecule has 0 aliphatic heterocycles. The number of aromatic nitrogens is 4. The Morgan fingerprint density at radius 2 is 0.493 bits per heavy atom. The lowest BCUT2D eigenvalue weighted by molar-refractivity contribution is 1.13. The number of para-hydroxylation sites is 6. The van der Waals surface area contributed by atoms with E-state index in [0.717, 1.165) is 22.7 Å². The first-order chi connectivity index (χ1) is 34.3. The van der Waals surface area contributed by atoms with E-state index in [2.05, 4.69) is 237 Å². The number of hydrogen-bond acceptors (Lipinski definition) is 1. The number of hydrogen-bond donors (Lipinski definition) is 0. The Bertz CT molecular complexity index is 4100. The third-order valence-electron chi connectivity index (χ3n) is 13.9. The molecule has 330 valence electrons. The van der Waals surface area contributed by atoms with Gasteiger partial charge in [0.05, 0.1) is 44.1 Å². The fourth-order valence-electron chi connectivity index (χ4n) is 11.3. The van der Waals surface area contributed by atoms with E-state index in [1.807, 2.05) is 39.0 Å². The molecular weight excluding hydrogens is 857 g/mol. The standard InChI is InChI=1S/C60H36N4S.2C2H6/c1-7-25-49-41(19-1)42-20-2-8-26-50(42)61(49)37-15-13-17-39(35-37)63-53-29-11-5-23-47(53)57-55(63)33-31-45-46-32-34-56-58(60(46)65-59(45)57)48-24-6-12-30-54(48)64(56)40-18-14-16-38(36-40)62-51-27-9-3-21-43(51)44-22-4-10-28-52(44)62;2*1-2/h1-36H;2*1-2H3. The molecule has 0 fully saturated rings. The maximum atomic E-state index is 2.47. The summed E-state index contributed by atoms with van der Waals surface area (Å²) in [7, 11) is 0. The maximum absolute atomic E-state index is 2.47. The second-order valence-corrected chi connectivity index (χ2v) is 18.3. The normalized spacial score (nSPS) is 11.8. The van der Waals surface area contributed by atoms with Crippen LogP contribution >= 0.6 is 11.3 Å². The summed E-state index contributed by atoms with van der Waals surface area (Å²) in [5.74, 6) is 0. The molecule has 69 heavy (non-hydrogen) atoms. The van der Waals surface area contributed by atoms with Crippen LogP contribution in [0.3, 0.4) is 0 Å². The summed E-state index contributed by atoms with van der Waals surface area (Å²) >= 11 is 1.94. The van der Waals surface area contributed by atoms with E-state index in [4.69, 9.17) is 0 Å². The zero-order valence-electron chi connectivity index (χ0n) is 39.0. The Morgan fingerprint density at radius 1 is 0.232 bits per heavy atom. The van der Waals surface area contributed by atoms with Crippen LogP contribution in [0.1, 0.15) is 27.7 Å². The number of fused-ring (bicyclic) bond motifs is 17. The summed E-state index contributed by atoms with van der Waals surface area (Å²) < 4.78 is 12.4. The van der Waals surface area contributed by atoms with Gasteiger partial charge in [-0.3, -0.25) is 0 Å². The molecule has 0 aliphatic rings. The van der Waals surface area contributed by atoms with Gasteiger partial charge < -0.3 is 18.3 Å². The molecule has 5 heterocycles. The molecule has 0 amide bonds. The number of thiophene rings is 1. The highest BCUT2D eigenvalue weighted by Crippen LogP contribution is 2.48. The smallest absolute Gasteiger partial charge is 0.0555 e. The molecule has 0 N–H and O–H groups in total. The van der Waals surface area contributed by atoms with Gasteiger partial charge in [-0.2, -0.15) is 0 Å². The molecule has 4 nitrogen and oxygen atoms in total. The monoisotopic (exact) mass is 904 g/mol. The van der Waals surface area contributed by atoms with Gasteiger partial charge in [0.25, 0.3) is 0 Å². The van der Waals surface area contributed by atoms with Crippen molar-refractivity contribution in [3.05, 3.63) is 218 Å². The topological polar surface area (TPSA) is 19.7 Å². The van der Waals surface area contributed by atoms with Crippen molar-refractivity contribution < 1.29 is 0 Å². The molecule has 0 atom stereocenters. The maximum Gasteiger partial charge on any atom is 0.0555 e. The van der Waals surface area contributed by atoms with Crippen LogP contribution in [0.15, 0.2) is 218 Å². The van der Waals surface area contributed by atoms with Gasteiger partial charge in [-0.1, -0.05) is 161 Å². The van der Waals surface area contributed by atoms with E-state index in [1.54, 1.807) is 0 Å². The quantitative estimate of drug-likeness (QED) is 0.168. The molecule has 0 spiro atoms. The molecular formula is C64H48N4S. The third-order valence-corrected chi connectivity index (χ3v) is 15.2. The van der Waals surface area contributed by atoms with Crippen LogP contribution in [-0.2, 0) is 0 Å². The molecule has 10 aromatic carbocycles. The van der Waals surface area contributed by atoms with Crippen LogP contribution in [0.4, 0.5) is 0 Å². The Labute approximate surface area is 403 Å². The van der Waals surface area contributed by atoms with Crippen molar-refractivity contribution in [2.75, 3.05) is 0 Å². The summed E-state index contributed by atoms with van der Waals surface area (Å²) in [5.41, 5.74) is 14.3. The van der Waals surface area contributed by atoms with Crippen molar-refractivity contribution in [3.63, 3.8) is 0 Å². The van der Waals surface area contributed by atoms with E-state index in [0.29, 0.717) is 0 Å². The highest BCUT2D eigenvalue weighted by atomic mass is 32.1. The highest BCUT2D eigenvalue weighted by molar-refractivity contribution is 7.27. The van der Waals surface area contributed by atoms with Crippen molar-refractivity contribution >= 4 is 119 Å². The van der Waals surface area contributed by atoms with Gasteiger partial charge in [0.2, 0.25) is 0 Å². The van der Waals surface area contributed by atoms with E-state index in [9.17, 15) is 0 Å². The summed E-state index contributed by atoms with van der Waals surface area (Å²) in [6.07, 6.45) is 0. The van der Waals surface area contributed by atoms with Gasteiger partial charge in [0, 0.05) is 86.0 Å². The van der Waals surface area contributed by atoms with Gasteiger partial charge in [-0.05, 0) is 84.9 Å². The highest BCUT2D eigenvalue weighted by Gasteiger charge is 2.22. The predicted octanol–water partition coefficient (Wildman–Crippen LogP) is 18.5. The van der Waals surface area contributed by atoms with Gasteiger partial charge in [-0.15, -0.1) is 11.3 Å². The minimum atomic E-state index is 1.14. The van der Waals surface area contributed by atoms with Crippen LogP contribution in [0, 0.1) is 0 Å².